The van der Waals surface area contributed by atoms with Crippen molar-refractivity contribution in [2.75, 3.05) is 5.32 Å². The standard InChI is InChI=1S/C16H16N4O/c1-12-6-5-9-20-11-14(18-15(12)20)10-17-16(21)19-13-7-3-2-4-8-13/h2-9,11H,10H2,1H3,(H2,17,19,21). The molecule has 2 aromatic heterocycles. The van der Waals surface area contributed by atoms with E-state index in [2.05, 4.69) is 15.6 Å². The number of urea groups is 1. The molecule has 0 saturated heterocycles. The van der Waals surface area contributed by atoms with E-state index in [1.807, 2.05) is 66.2 Å². The van der Waals surface area contributed by atoms with Gasteiger partial charge in [-0.2, -0.15) is 0 Å². The first kappa shape index (κ1) is 13.2. The fraction of sp³-hybridized carbons (Fsp3) is 0.125. The molecule has 2 N–H and O–H groups in total. The quantitative estimate of drug-likeness (QED) is 0.775. The molecule has 0 saturated carbocycles. The Labute approximate surface area is 122 Å². The predicted octanol–water partition coefficient (Wildman–Crippen LogP) is 2.96. The minimum absolute atomic E-state index is 0.241. The molecular formula is C16H16N4O. The van der Waals surface area contributed by atoms with Crippen molar-refractivity contribution < 1.29 is 4.79 Å². The molecule has 0 spiro atoms. The third-order valence-electron chi connectivity index (χ3n) is 3.19. The summed E-state index contributed by atoms with van der Waals surface area (Å²) >= 11 is 0. The van der Waals surface area contributed by atoms with Gasteiger partial charge in [0.25, 0.3) is 0 Å². The molecule has 106 valence electrons. The minimum Gasteiger partial charge on any atom is -0.332 e. The van der Waals surface area contributed by atoms with Crippen molar-refractivity contribution in [1.82, 2.24) is 14.7 Å². The fourth-order valence-electron chi connectivity index (χ4n) is 2.16. The monoisotopic (exact) mass is 280 g/mol. The first-order valence-electron chi connectivity index (χ1n) is 6.75. The lowest BCUT2D eigenvalue weighted by Crippen LogP contribution is -2.28. The Morgan fingerprint density at radius 2 is 2.00 bits per heavy atom. The molecule has 5 heteroatoms. The highest BCUT2D eigenvalue weighted by atomic mass is 16.2. The van der Waals surface area contributed by atoms with Crippen LogP contribution in [0.2, 0.25) is 0 Å². The molecule has 1 aromatic carbocycles. The smallest absolute Gasteiger partial charge is 0.319 e. The van der Waals surface area contributed by atoms with Gasteiger partial charge >= 0.3 is 6.03 Å². The van der Waals surface area contributed by atoms with E-state index in [0.717, 1.165) is 22.6 Å². The van der Waals surface area contributed by atoms with Gasteiger partial charge in [0.15, 0.2) is 0 Å². The van der Waals surface area contributed by atoms with Gasteiger partial charge in [0.2, 0.25) is 0 Å². The zero-order valence-corrected chi connectivity index (χ0v) is 11.7. The highest BCUT2D eigenvalue weighted by molar-refractivity contribution is 5.89. The van der Waals surface area contributed by atoms with Crippen molar-refractivity contribution >= 4 is 17.4 Å². The topological polar surface area (TPSA) is 58.4 Å². The number of benzene rings is 1. The van der Waals surface area contributed by atoms with E-state index in [-0.39, 0.29) is 6.03 Å². The number of aryl methyl sites for hydroxylation is 1. The fourth-order valence-corrected chi connectivity index (χ4v) is 2.16. The van der Waals surface area contributed by atoms with Gasteiger partial charge in [-0.05, 0) is 30.7 Å². The number of hydrogen-bond acceptors (Lipinski definition) is 2. The zero-order chi connectivity index (χ0) is 14.7. The number of nitrogens with one attached hydrogen (secondary N) is 2. The lowest BCUT2D eigenvalue weighted by Gasteiger charge is -2.05. The molecule has 0 unspecified atom stereocenters. The van der Waals surface area contributed by atoms with Crippen LogP contribution >= 0.6 is 0 Å². The number of anilines is 1. The number of aromatic nitrogens is 2. The first-order chi connectivity index (χ1) is 10.2. The molecule has 0 aliphatic rings. The maximum absolute atomic E-state index is 11.8. The van der Waals surface area contributed by atoms with E-state index >= 15 is 0 Å². The summed E-state index contributed by atoms with van der Waals surface area (Å²) in [5, 5.41) is 5.57. The van der Waals surface area contributed by atoms with Crippen LogP contribution in [0.15, 0.2) is 54.9 Å². The molecule has 2 heterocycles. The predicted molar refractivity (Wildman–Crippen MR) is 82.2 cm³/mol. The van der Waals surface area contributed by atoms with Crippen molar-refractivity contribution in [2.24, 2.45) is 0 Å². The van der Waals surface area contributed by atoms with E-state index in [9.17, 15) is 4.79 Å². The molecule has 0 aliphatic heterocycles. The van der Waals surface area contributed by atoms with Crippen LogP contribution < -0.4 is 10.6 Å². The summed E-state index contributed by atoms with van der Waals surface area (Å²) in [7, 11) is 0. The van der Waals surface area contributed by atoms with E-state index in [0.29, 0.717) is 6.54 Å². The number of nitrogens with zero attached hydrogens (tertiary/aromatic N) is 2. The highest BCUT2D eigenvalue weighted by Crippen LogP contribution is 2.10. The number of pyridine rings is 1. The van der Waals surface area contributed by atoms with Crippen molar-refractivity contribution in [3.05, 3.63) is 66.1 Å². The van der Waals surface area contributed by atoms with Crippen molar-refractivity contribution in [2.45, 2.75) is 13.5 Å². The van der Waals surface area contributed by atoms with Crippen LogP contribution in [0.4, 0.5) is 10.5 Å². The average molecular weight is 280 g/mol. The Bertz CT molecular complexity index is 764. The molecule has 3 aromatic rings. The Hall–Kier alpha value is -2.82. The second-order valence-electron chi connectivity index (χ2n) is 4.83. The lowest BCUT2D eigenvalue weighted by molar-refractivity contribution is 0.251. The molecule has 0 bridgehead atoms. The van der Waals surface area contributed by atoms with Gasteiger partial charge in [0.1, 0.15) is 5.65 Å². The highest BCUT2D eigenvalue weighted by Gasteiger charge is 2.05. The van der Waals surface area contributed by atoms with Crippen molar-refractivity contribution in [3.63, 3.8) is 0 Å². The Morgan fingerprint density at radius 3 is 2.76 bits per heavy atom. The number of amides is 2. The van der Waals surface area contributed by atoms with Crippen LogP contribution in [-0.2, 0) is 6.54 Å². The number of carbonyl (C=O) groups excluding carboxylic acids is 1. The van der Waals surface area contributed by atoms with Crippen LogP contribution in [0, 0.1) is 6.92 Å². The molecule has 0 radical (unpaired) electrons. The summed E-state index contributed by atoms with van der Waals surface area (Å²) in [6.07, 6.45) is 3.87. The second-order valence-corrected chi connectivity index (χ2v) is 4.83. The Morgan fingerprint density at radius 1 is 1.19 bits per heavy atom. The second kappa shape index (κ2) is 5.66. The van der Waals surface area contributed by atoms with E-state index < -0.39 is 0 Å². The van der Waals surface area contributed by atoms with Gasteiger partial charge in [0.05, 0.1) is 12.2 Å². The minimum atomic E-state index is -0.241. The van der Waals surface area contributed by atoms with Crippen LogP contribution in [0.1, 0.15) is 11.3 Å². The summed E-state index contributed by atoms with van der Waals surface area (Å²) < 4.78 is 1.96. The lowest BCUT2D eigenvalue weighted by atomic mass is 10.3. The van der Waals surface area contributed by atoms with Gasteiger partial charge in [-0.3, -0.25) is 0 Å². The normalized spacial score (nSPS) is 10.5. The van der Waals surface area contributed by atoms with Crippen LogP contribution in [0.5, 0.6) is 0 Å². The zero-order valence-electron chi connectivity index (χ0n) is 11.7. The third-order valence-corrected chi connectivity index (χ3v) is 3.19. The number of hydrogen-bond donors (Lipinski definition) is 2. The summed E-state index contributed by atoms with van der Waals surface area (Å²) in [4.78, 5) is 16.3. The van der Waals surface area contributed by atoms with Gasteiger partial charge in [-0.25, -0.2) is 9.78 Å². The Balaban J connectivity index is 1.64. The number of rotatable bonds is 3. The van der Waals surface area contributed by atoms with Gasteiger partial charge in [-0.15, -0.1) is 0 Å². The van der Waals surface area contributed by atoms with E-state index in [4.69, 9.17) is 0 Å². The largest absolute Gasteiger partial charge is 0.332 e. The Kier molecular flexibility index (Phi) is 3.55. The number of carbonyl (C=O) groups is 1. The van der Waals surface area contributed by atoms with E-state index in [1.165, 1.54) is 0 Å². The van der Waals surface area contributed by atoms with Gasteiger partial charge in [-0.1, -0.05) is 24.3 Å². The van der Waals surface area contributed by atoms with Crippen molar-refractivity contribution in [3.8, 4) is 0 Å². The maximum Gasteiger partial charge on any atom is 0.319 e. The number of fused-ring (bicyclic) bond motifs is 1. The summed E-state index contributed by atoms with van der Waals surface area (Å²) in [6, 6.07) is 13.1. The third kappa shape index (κ3) is 3.02. The molecule has 21 heavy (non-hydrogen) atoms. The molecule has 0 fully saturated rings. The van der Waals surface area contributed by atoms with Gasteiger partial charge < -0.3 is 15.0 Å². The molecular weight excluding hydrogens is 264 g/mol. The molecule has 3 rings (SSSR count). The summed E-state index contributed by atoms with van der Waals surface area (Å²) in [5.41, 5.74) is 3.61. The van der Waals surface area contributed by atoms with Crippen LogP contribution in [0.25, 0.3) is 5.65 Å². The molecule has 0 aliphatic carbocycles. The average Bonchev–Trinajstić information content (AvgIpc) is 2.91. The van der Waals surface area contributed by atoms with Crippen molar-refractivity contribution in [1.29, 1.82) is 0 Å². The summed E-state index contributed by atoms with van der Waals surface area (Å²) in [5.74, 6) is 0. The number of para-hydroxylation sites is 1. The van der Waals surface area contributed by atoms with E-state index in [1.54, 1.807) is 0 Å². The molecule has 5 nitrogen and oxygen atoms in total. The SMILES string of the molecule is Cc1cccn2cc(CNC(=O)Nc3ccccc3)nc12. The summed E-state index contributed by atoms with van der Waals surface area (Å²) in [6.45, 7) is 2.40. The van der Waals surface area contributed by atoms with Crippen LogP contribution in [0.3, 0.4) is 0 Å². The number of imidazole rings is 1. The molecule has 0 atom stereocenters. The first-order valence-corrected chi connectivity index (χ1v) is 6.75. The van der Waals surface area contributed by atoms with Gasteiger partial charge in [0, 0.05) is 18.1 Å². The van der Waals surface area contributed by atoms with Crippen LogP contribution in [-0.4, -0.2) is 15.4 Å². The molecule has 2 amide bonds. The maximum atomic E-state index is 11.8.